The second kappa shape index (κ2) is 33.7. The fraction of sp³-hybridized carbons (Fsp3) is 0. The van der Waals surface area contributed by atoms with Gasteiger partial charge in [-0.2, -0.15) is 12.1 Å². The van der Waals surface area contributed by atoms with Crippen LogP contribution >= 0.6 is 0 Å². The van der Waals surface area contributed by atoms with Gasteiger partial charge in [-0.1, -0.05) is 297 Å². The summed E-state index contributed by atoms with van der Waals surface area (Å²) < 4.78 is 0. The second-order valence-corrected chi connectivity index (χ2v) is 28.7. The van der Waals surface area contributed by atoms with E-state index in [-0.39, 0.29) is 40.2 Å². The summed E-state index contributed by atoms with van der Waals surface area (Å²) >= 11 is 0. The van der Waals surface area contributed by atoms with Crippen molar-refractivity contribution in [3.05, 3.63) is 437 Å². The maximum absolute atomic E-state index is 5.12. The Labute approximate surface area is 713 Å². The van der Waals surface area contributed by atoms with Crippen LogP contribution in [0.3, 0.4) is 0 Å². The summed E-state index contributed by atoms with van der Waals surface area (Å²) in [6.45, 7) is 0. The zero-order chi connectivity index (χ0) is 77.1. The smallest absolute Gasteiger partial charge is 0.357 e. The first-order chi connectivity index (χ1) is 57.5. The van der Waals surface area contributed by atoms with E-state index in [1.54, 1.807) is 0 Å². The third-order valence-corrected chi connectivity index (χ3v) is 21.7. The molecule has 0 N–H and O–H groups in total. The SMILES string of the molecule is [Ir+3].[Ir+3].[c-]1cc(-c2ccccc2-c2cc(-c3ccccc3-c3c[c-]c(-c4ccccn4)cc3)cc(-c3ccccc3-c3c[c-]c(-c4[c-]cc(-c5ccccc5-c5cc(-c6ccccc6-c6c[c-]c(-c7ccc8ccccc8n7)cc6)cc(-c6ccccc6-c6c[c-]c(-c7ccc8ccccc8n7)cc6)c5)cn4)nc3)c2)ccc1-c1ccccn1. The number of para-hydroxylation sites is 2. The molecule has 0 spiro atoms. The number of nitrogens with zero attached hydrogens (tertiary/aromatic N) is 6. The predicted octanol–water partition coefficient (Wildman–Crippen LogP) is 27.5. The molecule has 118 heavy (non-hydrogen) atoms. The van der Waals surface area contributed by atoms with Crippen LogP contribution in [0.25, 0.3) is 212 Å². The fourth-order valence-electron chi connectivity index (χ4n) is 15.9. The van der Waals surface area contributed by atoms with Crippen molar-refractivity contribution in [2.45, 2.75) is 0 Å². The van der Waals surface area contributed by atoms with E-state index >= 15 is 0 Å². The Balaban J connectivity index is 0.00000480. The Morgan fingerprint density at radius 1 is 0.178 bits per heavy atom. The molecule has 554 valence electrons. The molecule has 14 aromatic carbocycles. The zero-order valence-corrected chi connectivity index (χ0v) is 68.2. The van der Waals surface area contributed by atoms with Gasteiger partial charge < -0.3 is 19.9 Å². The number of rotatable bonds is 17. The van der Waals surface area contributed by atoms with E-state index in [0.717, 1.165) is 200 Å². The van der Waals surface area contributed by atoms with Crippen molar-refractivity contribution >= 4 is 21.8 Å². The van der Waals surface area contributed by atoms with Crippen molar-refractivity contribution in [3.8, 4) is 190 Å². The number of hydrogen-bond acceptors (Lipinski definition) is 6. The van der Waals surface area contributed by atoms with E-state index in [9.17, 15) is 0 Å². The molecule has 20 aromatic rings. The number of fused-ring (bicyclic) bond motifs is 2. The van der Waals surface area contributed by atoms with E-state index < -0.39 is 0 Å². The van der Waals surface area contributed by atoms with Crippen molar-refractivity contribution in [1.82, 2.24) is 29.9 Å². The van der Waals surface area contributed by atoms with E-state index in [4.69, 9.17) is 19.9 Å². The molecule has 6 heterocycles. The van der Waals surface area contributed by atoms with Crippen molar-refractivity contribution in [3.63, 3.8) is 0 Å². The summed E-state index contributed by atoms with van der Waals surface area (Å²) in [6.07, 6.45) is 7.51. The third kappa shape index (κ3) is 15.3. The summed E-state index contributed by atoms with van der Waals surface area (Å²) in [7, 11) is 0. The molecular formula is C110H66Ir2N6. The fourth-order valence-corrected chi connectivity index (χ4v) is 15.9. The molecule has 20 rings (SSSR count). The summed E-state index contributed by atoms with van der Waals surface area (Å²) in [4.78, 5) is 29.5. The first kappa shape index (κ1) is 75.2. The normalized spacial score (nSPS) is 11.1. The van der Waals surface area contributed by atoms with E-state index in [1.165, 1.54) is 0 Å². The van der Waals surface area contributed by atoms with E-state index in [1.807, 2.05) is 97.6 Å². The molecule has 0 aliphatic carbocycles. The first-order valence-corrected chi connectivity index (χ1v) is 38.7. The molecule has 0 aliphatic rings. The first-order valence-electron chi connectivity index (χ1n) is 38.7. The van der Waals surface area contributed by atoms with Gasteiger partial charge in [0.1, 0.15) is 0 Å². The number of hydrogen-bond donors (Lipinski definition) is 0. The third-order valence-electron chi connectivity index (χ3n) is 21.7. The molecule has 0 unspecified atom stereocenters. The number of pyridine rings is 6. The average Bonchev–Trinajstić information content (AvgIpc) is 0.771. The van der Waals surface area contributed by atoms with Gasteiger partial charge in [0.15, 0.2) is 0 Å². The van der Waals surface area contributed by atoms with Gasteiger partial charge in [0.2, 0.25) is 0 Å². The average molecular weight is 1860 g/mol. The van der Waals surface area contributed by atoms with Crippen LogP contribution in [0.5, 0.6) is 0 Å². The Hall–Kier alpha value is -14.2. The molecular weight excluding hydrogens is 1790 g/mol. The monoisotopic (exact) mass is 1860 g/mol. The van der Waals surface area contributed by atoms with Gasteiger partial charge in [-0.25, -0.2) is 12.1 Å². The van der Waals surface area contributed by atoms with Crippen molar-refractivity contribution < 1.29 is 40.2 Å². The number of benzene rings is 14. The van der Waals surface area contributed by atoms with Crippen molar-refractivity contribution in [1.29, 1.82) is 0 Å². The molecule has 0 aliphatic heterocycles. The summed E-state index contributed by atoms with van der Waals surface area (Å²) in [5.41, 5.74) is 35.6. The topological polar surface area (TPSA) is 77.3 Å². The molecule has 0 fully saturated rings. The maximum atomic E-state index is 5.12. The largest absolute Gasteiger partial charge is 3.00 e. The van der Waals surface area contributed by atoms with Crippen LogP contribution in [0.2, 0.25) is 0 Å². The standard InChI is InChI=1S/C110H66N6.2Ir/c1-15-37-105-77(21-1)55-59-107(115-105)81-51-43-75(44-52-81)93-25-5-11-31-99(93)87-66-88(100-32-12-6-26-94(100)76-45-53-82(54-46-76)108-60-56-78-22-2-16-38-106(78)116-108)70-90(69-87)102-34-14-8-28-96(102)84-58-62-110(114-72-84)109-61-57-83(71-113-109)95-27-7-13-33-101(95)89-67-85(97-29-9-3-23-91(97)73-39-47-79(48-40-73)103-35-17-19-63-111-103)65-86(68-89)98-30-10-4-24-92(98)74-41-49-80(50-42-74)104-36-18-20-64-112-104;;/h1-47,49,51,53,55-60,63-72H;;/q-6;2*+3. The maximum Gasteiger partial charge on any atom is 3.00 e. The van der Waals surface area contributed by atoms with Gasteiger partial charge in [-0.05, 0) is 173 Å². The molecule has 6 aromatic heterocycles. The van der Waals surface area contributed by atoms with E-state index in [2.05, 4.69) is 350 Å². The Morgan fingerprint density at radius 3 is 0.678 bits per heavy atom. The van der Waals surface area contributed by atoms with Gasteiger partial charge in [0.25, 0.3) is 0 Å². The van der Waals surface area contributed by atoms with Crippen LogP contribution < -0.4 is 0 Å². The quantitative estimate of drug-likeness (QED) is 0.0846. The van der Waals surface area contributed by atoms with Crippen LogP contribution in [0.4, 0.5) is 0 Å². The zero-order valence-electron chi connectivity index (χ0n) is 63.5. The molecule has 0 radical (unpaired) electrons. The van der Waals surface area contributed by atoms with Crippen LogP contribution in [-0.4, -0.2) is 29.9 Å². The van der Waals surface area contributed by atoms with Gasteiger partial charge >= 0.3 is 40.2 Å². The summed E-state index contributed by atoms with van der Waals surface area (Å²) in [5, 5.41) is 2.21. The molecule has 0 atom stereocenters. The minimum absolute atomic E-state index is 0. The minimum atomic E-state index is 0. The Kier molecular flexibility index (Phi) is 21.5. The molecule has 8 heteroatoms. The van der Waals surface area contributed by atoms with Crippen molar-refractivity contribution in [2.24, 2.45) is 0 Å². The second-order valence-electron chi connectivity index (χ2n) is 28.7. The molecule has 0 bridgehead atoms. The molecule has 0 saturated heterocycles. The Morgan fingerprint density at radius 2 is 0.424 bits per heavy atom. The summed E-state index contributed by atoms with van der Waals surface area (Å²) in [5.74, 6) is 0. The van der Waals surface area contributed by atoms with Gasteiger partial charge in [-0.15, -0.1) is 131 Å². The van der Waals surface area contributed by atoms with E-state index in [0.29, 0.717) is 11.4 Å². The van der Waals surface area contributed by atoms with Gasteiger partial charge in [0, 0.05) is 12.4 Å². The van der Waals surface area contributed by atoms with Gasteiger partial charge in [0.05, 0.1) is 11.0 Å². The molecule has 0 amide bonds. The van der Waals surface area contributed by atoms with Crippen LogP contribution in [0.1, 0.15) is 0 Å². The van der Waals surface area contributed by atoms with Crippen molar-refractivity contribution in [2.75, 3.05) is 0 Å². The molecule has 0 saturated carbocycles. The Bertz CT molecular complexity index is 6690. The molecule has 6 nitrogen and oxygen atoms in total. The van der Waals surface area contributed by atoms with Crippen LogP contribution in [0, 0.1) is 36.4 Å². The van der Waals surface area contributed by atoms with Crippen LogP contribution in [-0.2, 0) is 40.2 Å². The predicted molar refractivity (Wildman–Crippen MR) is 474 cm³/mol. The minimum Gasteiger partial charge on any atom is -0.357 e. The summed E-state index contributed by atoms with van der Waals surface area (Å²) in [6, 6.07) is 154. The van der Waals surface area contributed by atoms with Crippen LogP contribution in [0.15, 0.2) is 401 Å². The van der Waals surface area contributed by atoms with Gasteiger partial charge in [-0.3, -0.25) is 9.97 Å². The number of aromatic nitrogens is 6.